The third kappa shape index (κ3) is 3.72. The van der Waals surface area contributed by atoms with Crippen molar-refractivity contribution in [3.05, 3.63) is 29.6 Å². The van der Waals surface area contributed by atoms with E-state index in [4.69, 9.17) is 0 Å². The molecule has 112 valence electrons. The fourth-order valence-corrected chi connectivity index (χ4v) is 3.23. The summed E-state index contributed by atoms with van der Waals surface area (Å²) in [5.74, 6) is 0.633. The number of halogens is 1. The van der Waals surface area contributed by atoms with Gasteiger partial charge in [0.05, 0.1) is 0 Å². The number of rotatable bonds is 5. The molecule has 2 rings (SSSR count). The summed E-state index contributed by atoms with van der Waals surface area (Å²) in [6.07, 6.45) is 6.78. The first-order valence-corrected chi connectivity index (χ1v) is 7.79. The van der Waals surface area contributed by atoms with Crippen molar-refractivity contribution in [1.82, 2.24) is 5.32 Å². The zero-order valence-corrected chi connectivity index (χ0v) is 13.0. The molecule has 0 heterocycles. The van der Waals surface area contributed by atoms with E-state index in [1.54, 1.807) is 12.1 Å². The van der Waals surface area contributed by atoms with Crippen molar-refractivity contribution < 1.29 is 4.39 Å². The van der Waals surface area contributed by atoms with E-state index in [9.17, 15) is 4.39 Å². The molecular weight excluding hydrogens is 251 g/mol. The van der Waals surface area contributed by atoms with Crippen LogP contribution in [0.4, 0.5) is 10.1 Å². The van der Waals surface area contributed by atoms with Crippen molar-refractivity contribution in [2.75, 3.05) is 25.5 Å². The zero-order chi connectivity index (χ0) is 14.5. The molecule has 0 aliphatic heterocycles. The van der Waals surface area contributed by atoms with Crippen LogP contribution in [0.2, 0.25) is 0 Å². The number of hydrogen-bond donors (Lipinski definition) is 1. The van der Waals surface area contributed by atoms with Crippen LogP contribution in [0, 0.1) is 11.7 Å². The Morgan fingerprint density at radius 1 is 1.30 bits per heavy atom. The molecular formula is C17H27FN2. The number of nitrogens with one attached hydrogen (secondary N) is 1. The van der Waals surface area contributed by atoms with Crippen molar-refractivity contribution in [3.8, 4) is 0 Å². The second-order valence-corrected chi connectivity index (χ2v) is 6.10. The number of hydrogen-bond acceptors (Lipinski definition) is 2. The Hall–Kier alpha value is -1.09. The topological polar surface area (TPSA) is 15.3 Å². The molecule has 1 aliphatic rings. The Morgan fingerprint density at radius 2 is 2.00 bits per heavy atom. The highest BCUT2D eigenvalue weighted by Gasteiger charge is 2.18. The zero-order valence-electron chi connectivity index (χ0n) is 13.0. The largest absolute Gasteiger partial charge is 0.374 e. The number of nitrogens with zero attached hydrogens (tertiary/aromatic N) is 1. The lowest BCUT2D eigenvalue weighted by Gasteiger charge is -2.30. The van der Waals surface area contributed by atoms with Crippen LogP contribution in [0.15, 0.2) is 18.2 Å². The highest BCUT2D eigenvalue weighted by molar-refractivity contribution is 5.54. The SMILES string of the molecule is CNC(C)c1cc(F)ccc1N(C)CC1CCCCC1. The van der Waals surface area contributed by atoms with Gasteiger partial charge in [-0.15, -0.1) is 0 Å². The summed E-state index contributed by atoms with van der Waals surface area (Å²) in [6, 6.07) is 5.31. The van der Waals surface area contributed by atoms with E-state index in [2.05, 4.69) is 24.2 Å². The van der Waals surface area contributed by atoms with E-state index in [-0.39, 0.29) is 11.9 Å². The molecule has 1 N–H and O–H groups in total. The molecule has 0 radical (unpaired) electrons. The third-order valence-corrected chi connectivity index (χ3v) is 4.56. The second kappa shape index (κ2) is 7.07. The van der Waals surface area contributed by atoms with E-state index < -0.39 is 0 Å². The molecule has 0 saturated heterocycles. The van der Waals surface area contributed by atoms with Gasteiger partial charge in [-0.05, 0) is 56.5 Å². The van der Waals surface area contributed by atoms with Gasteiger partial charge in [0, 0.05) is 25.3 Å². The number of benzene rings is 1. The number of anilines is 1. The Bertz CT molecular complexity index is 427. The molecule has 1 fully saturated rings. The first-order chi connectivity index (χ1) is 9.61. The van der Waals surface area contributed by atoms with Gasteiger partial charge in [-0.2, -0.15) is 0 Å². The van der Waals surface area contributed by atoms with Crippen LogP contribution in [0.3, 0.4) is 0 Å². The van der Waals surface area contributed by atoms with Gasteiger partial charge in [-0.25, -0.2) is 4.39 Å². The van der Waals surface area contributed by atoms with Crippen molar-refractivity contribution in [2.45, 2.75) is 45.1 Å². The standard InChI is InChI=1S/C17H27FN2/c1-13(19-2)16-11-15(18)9-10-17(16)20(3)12-14-7-5-4-6-8-14/h9-11,13-14,19H,4-8,12H2,1-3H3. The van der Waals surface area contributed by atoms with E-state index in [1.807, 2.05) is 13.1 Å². The Morgan fingerprint density at radius 3 is 2.65 bits per heavy atom. The summed E-state index contributed by atoms with van der Waals surface area (Å²) in [6.45, 7) is 3.15. The van der Waals surface area contributed by atoms with Crippen molar-refractivity contribution in [3.63, 3.8) is 0 Å². The van der Waals surface area contributed by atoms with Gasteiger partial charge in [-0.1, -0.05) is 19.3 Å². The average molecular weight is 278 g/mol. The van der Waals surface area contributed by atoms with Crippen molar-refractivity contribution in [1.29, 1.82) is 0 Å². The Labute approximate surface area is 122 Å². The van der Waals surface area contributed by atoms with Crippen LogP contribution in [-0.4, -0.2) is 20.6 Å². The maximum Gasteiger partial charge on any atom is 0.123 e. The molecule has 0 amide bonds. The third-order valence-electron chi connectivity index (χ3n) is 4.56. The van der Waals surface area contributed by atoms with Gasteiger partial charge >= 0.3 is 0 Å². The van der Waals surface area contributed by atoms with Crippen LogP contribution >= 0.6 is 0 Å². The fraction of sp³-hybridized carbons (Fsp3) is 0.647. The minimum Gasteiger partial charge on any atom is -0.374 e. The molecule has 2 nitrogen and oxygen atoms in total. The lowest BCUT2D eigenvalue weighted by atomic mass is 9.89. The molecule has 1 aliphatic carbocycles. The fourth-order valence-electron chi connectivity index (χ4n) is 3.23. The van der Waals surface area contributed by atoms with Gasteiger partial charge in [0.2, 0.25) is 0 Å². The predicted molar refractivity (Wildman–Crippen MR) is 83.7 cm³/mol. The quantitative estimate of drug-likeness (QED) is 0.871. The molecule has 3 heteroatoms. The minimum atomic E-state index is -0.156. The molecule has 20 heavy (non-hydrogen) atoms. The van der Waals surface area contributed by atoms with E-state index in [1.165, 1.54) is 32.1 Å². The summed E-state index contributed by atoms with van der Waals surface area (Å²) in [5, 5.41) is 3.21. The first-order valence-electron chi connectivity index (χ1n) is 7.79. The van der Waals surface area contributed by atoms with Crippen LogP contribution in [0.25, 0.3) is 0 Å². The second-order valence-electron chi connectivity index (χ2n) is 6.10. The van der Waals surface area contributed by atoms with Gasteiger partial charge in [0.25, 0.3) is 0 Å². The lowest BCUT2D eigenvalue weighted by molar-refractivity contribution is 0.362. The summed E-state index contributed by atoms with van der Waals surface area (Å²) in [5.41, 5.74) is 2.20. The highest BCUT2D eigenvalue weighted by Crippen LogP contribution is 2.30. The smallest absolute Gasteiger partial charge is 0.123 e. The van der Waals surface area contributed by atoms with E-state index in [0.717, 1.165) is 23.7 Å². The summed E-state index contributed by atoms with van der Waals surface area (Å²) < 4.78 is 13.5. The Balaban J connectivity index is 2.13. The summed E-state index contributed by atoms with van der Waals surface area (Å²) in [4.78, 5) is 2.30. The Kier molecular flexibility index (Phi) is 5.41. The van der Waals surface area contributed by atoms with Gasteiger partial charge in [-0.3, -0.25) is 0 Å². The minimum absolute atomic E-state index is 0.156. The van der Waals surface area contributed by atoms with Gasteiger partial charge in [0.15, 0.2) is 0 Å². The lowest BCUT2D eigenvalue weighted by Crippen LogP contribution is -2.28. The molecule has 1 saturated carbocycles. The van der Waals surface area contributed by atoms with Crippen LogP contribution in [-0.2, 0) is 0 Å². The molecule has 0 aromatic heterocycles. The maximum absolute atomic E-state index is 13.5. The van der Waals surface area contributed by atoms with Crippen LogP contribution < -0.4 is 10.2 Å². The molecule has 1 aromatic rings. The molecule has 1 aromatic carbocycles. The van der Waals surface area contributed by atoms with Crippen LogP contribution in [0.1, 0.15) is 50.6 Å². The van der Waals surface area contributed by atoms with Gasteiger partial charge in [0.1, 0.15) is 5.82 Å². The summed E-state index contributed by atoms with van der Waals surface area (Å²) in [7, 11) is 4.05. The molecule has 0 bridgehead atoms. The highest BCUT2D eigenvalue weighted by atomic mass is 19.1. The van der Waals surface area contributed by atoms with Gasteiger partial charge < -0.3 is 10.2 Å². The first kappa shape index (κ1) is 15.3. The monoisotopic (exact) mass is 278 g/mol. The van der Waals surface area contributed by atoms with Crippen LogP contribution in [0.5, 0.6) is 0 Å². The molecule has 0 spiro atoms. The normalized spacial score (nSPS) is 18.0. The average Bonchev–Trinajstić information content (AvgIpc) is 2.47. The van der Waals surface area contributed by atoms with Crippen molar-refractivity contribution in [2.24, 2.45) is 5.92 Å². The maximum atomic E-state index is 13.5. The molecule has 1 unspecified atom stereocenters. The predicted octanol–water partition coefficient (Wildman–Crippen LogP) is 4.12. The van der Waals surface area contributed by atoms with Crippen molar-refractivity contribution >= 4 is 5.69 Å². The summed E-state index contributed by atoms with van der Waals surface area (Å²) >= 11 is 0. The van der Waals surface area contributed by atoms with E-state index in [0.29, 0.717) is 0 Å². The van der Waals surface area contributed by atoms with E-state index >= 15 is 0 Å². The molecule has 1 atom stereocenters.